The molecule has 0 atom stereocenters. The van der Waals surface area contributed by atoms with Crippen molar-refractivity contribution in [3.63, 3.8) is 0 Å². The highest BCUT2D eigenvalue weighted by molar-refractivity contribution is 7.80. The maximum Gasteiger partial charge on any atom is 0.307 e. The van der Waals surface area contributed by atoms with Crippen molar-refractivity contribution in [3.05, 3.63) is 35.4 Å². The largest absolute Gasteiger partial charge is 0.469 e. The smallest absolute Gasteiger partial charge is 0.307 e. The van der Waals surface area contributed by atoms with Crippen molar-refractivity contribution in [1.29, 1.82) is 0 Å². The molecule has 1 aromatic rings. The van der Waals surface area contributed by atoms with Crippen molar-refractivity contribution in [2.24, 2.45) is 5.73 Å². The van der Waals surface area contributed by atoms with Gasteiger partial charge in [0.2, 0.25) is 0 Å². The Hall–Kier alpha value is -1.95. The average Bonchev–Trinajstić information content (AvgIpc) is 2.43. The van der Waals surface area contributed by atoms with Gasteiger partial charge in [0.15, 0.2) is 0 Å². The molecule has 0 aliphatic rings. The Kier molecular flexibility index (Phi) is 5.44. The molecule has 0 unspecified atom stereocenters. The van der Waals surface area contributed by atoms with Crippen LogP contribution in [0.3, 0.4) is 0 Å². The van der Waals surface area contributed by atoms with E-state index in [2.05, 4.69) is 4.74 Å². The van der Waals surface area contributed by atoms with Crippen LogP contribution < -0.4 is 5.73 Å². The third-order valence-corrected chi connectivity index (χ3v) is 2.86. The Labute approximate surface area is 117 Å². The van der Waals surface area contributed by atoms with Gasteiger partial charge in [0.05, 0.1) is 13.5 Å². The van der Waals surface area contributed by atoms with Gasteiger partial charge in [-0.3, -0.25) is 9.59 Å². The molecular formula is C13H16N2O3S. The maximum absolute atomic E-state index is 12.1. The number of amides is 1. The minimum Gasteiger partial charge on any atom is -0.469 e. The van der Waals surface area contributed by atoms with E-state index in [9.17, 15) is 9.59 Å². The molecule has 0 fully saturated rings. The summed E-state index contributed by atoms with van der Waals surface area (Å²) >= 11 is 4.87. The van der Waals surface area contributed by atoms with Crippen LogP contribution in [-0.2, 0) is 9.53 Å². The maximum atomic E-state index is 12.1. The summed E-state index contributed by atoms with van der Waals surface area (Å²) in [5.41, 5.74) is 6.65. The normalized spacial score (nSPS) is 9.79. The second-order valence-corrected chi connectivity index (χ2v) is 4.44. The molecule has 0 heterocycles. The molecule has 0 aromatic heterocycles. The van der Waals surface area contributed by atoms with Crippen LogP contribution in [0, 0.1) is 0 Å². The van der Waals surface area contributed by atoms with E-state index < -0.39 is 0 Å². The summed E-state index contributed by atoms with van der Waals surface area (Å²) in [5.74, 6) is -0.543. The number of hydrogen-bond acceptors (Lipinski definition) is 4. The summed E-state index contributed by atoms with van der Waals surface area (Å²) in [6.45, 7) is 0.294. The number of carbonyl (C=O) groups is 2. The predicted molar refractivity (Wildman–Crippen MR) is 75.9 cm³/mol. The summed E-state index contributed by atoms with van der Waals surface area (Å²) in [5, 5.41) is 0. The van der Waals surface area contributed by atoms with Gasteiger partial charge in [-0.2, -0.15) is 0 Å². The van der Waals surface area contributed by atoms with E-state index >= 15 is 0 Å². The third-order valence-electron chi connectivity index (χ3n) is 2.62. The number of nitrogens with zero attached hydrogens (tertiary/aromatic N) is 1. The fourth-order valence-electron chi connectivity index (χ4n) is 1.49. The fraction of sp³-hybridized carbons (Fsp3) is 0.308. The Morgan fingerprint density at radius 2 is 2.00 bits per heavy atom. The number of hydrogen-bond donors (Lipinski definition) is 1. The van der Waals surface area contributed by atoms with Crippen molar-refractivity contribution in [2.45, 2.75) is 6.42 Å². The van der Waals surface area contributed by atoms with Gasteiger partial charge < -0.3 is 15.4 Å². The number of nitrogens with two attached hydrogens (primary N) is 1. The van der Waals surface area contributed by atoms with E-state index in [0.29, 0.717) is 17.7 Å². The molecule has 1 aromatic carbocycles. The zero-order valence-corrected chi connectivity index (χ0v) is 11.7. The Bertz CT molecular complexity index is 502. The quantitative estimate of drug-likeness (QED) is 0.642. The van der Waals surface area contributed by atoms with Gasteiger partial charge in [-0.25, -0.2) is 0 Å². The molecule has 0 saturated carbocycles. The second-order valence-electron chi connectivity index (χ2n) is 4.00. The number of thiocarbonyl (C=S) groups is 1. The van der Waals surface area contributed by atoms with Crippen molar-refractivity contribution in [2.75, 3.05) is 20.7 Å². The lowest BCUT2D eigenvalue weighted by Crippen LogP contribution is -2.29. The first-order valence-corrected chi connectivity index (χ1v) is 6.08. The molecule has 1 amide bonds. The summed E-state index contributed by atoms with van der Waals surface area (Å²) in [7, 11) is 2.94. The Morgan fingerprint density at radius 3 is 2.58 bits per heavy atom. The van der Waals surface area contributed by atoms with E-state index in [1.807, 2.05) is 0 Å². The number of methoxy groups -OCH3 is 1. The van der Waals surface area contributed by atoms with Crippen LogP contribution in [0.4, 0.5) is 0 Å². The van der Waals surface area contributed by atoms with Crippen molar-refractivity contribution < 1.29 is 14.3 Å². The standard InChI is InChI=1S/C13H16N2O3S/c1-15(7-6-11(16)18-2)13(17)10-5-3-4-9(8-10)12(14)19/h3-5,8H,6-7H2,1-2H3,(H2,14,19). The van der Waals surface area contributed by atoms with Crippen LogP contribution in [0.2, 0.25) is 0 Å². The molecule has 102 valence electrons. The molecular weight excluding hydrogens is 264 g/mol. The van der Waals surface area contributed by atoms with Crippen molar-refractivity contribution in [3.8, 4) is 0 Å². The van der Waals surface area contributed by atoms with Crippen LogP contribution in [0.1, 0.15) is 22.3 Å². The predicted octanol–water partition coefficient (Wildman–Crippen LogP) is 0.956. The molecule has 0 aliphatic heterocycles. The van der Waals surface area contributed by atoms with Crippen LogP contribution in [0.15, 0.2) is 24.3 Å². The first-order valence-electron chi connectivity index (χ1n) is 5.68. The van der Waals surface area contributed by atoms with Gasteiger partial charge in [-0.1, -0.05) is 24.4 Å². The number of benzene rings is 1. The highest BCUT2D eigenvalue weighted by atomic mass is 32.1. The Balaban J connectivity index is 2.74. The van der Waals surface area contributed by atoms with E-state index in [1.165, 1.54) is 12.0 Å². The number of esters is 1. The molecule has 19 heavy (non-hydrogen) atoms. The second kappa shape index (κ2) is 6.84. The fourth-order valence-corrected chi connectivity index (χ4v) is 1.62. The third kappa shape index (κ3) is 4.33. The topological polar surface area (TPSA) is 72.6 Å². The highest BCUT2D eigenvalue weighted by Gasteiger charge is 2.13. The summed E-state index contributed by atoms with van der Waals surface area (Å²) in [6.07, 6.45) is 0.160. The SMILES string of the molecule is COC(=O)CCN(C)C(=O)c1cccc(C(N)=S)c1. The summed E-state index contributed by atoms with van der Waals surface area (Å²) in [6, 6.07) is 6.78. The van der Waals surface area contributed by atoms with Crippen molar-refractivity contribution >= 4 is 29.1 Å². The number of ether oxygens (including phenoxy) is 1. The monoisotopic (exact) mass is 280 g/mol. The van der Waals surface area contributed by atoms with Crippen LogP contribution in [0.25, 0.3) is 0 Å². The molecule has 1 rings (SSSR count). The zero-order valence-electron chi connectivity index (χ0n) is 10.9. The van der Waals surface area contributed by atoms with E-state index in [1.54, 1.807) is 31.3 Å². The number of carbonyl (C=O) groups excluding carboxylic acids is 2. The average molecular weight is 280 g/mol. The lowest BCUT2D eigenvalue weighted by molar-refractivity contribution is -0.140. The minimum atomic E-state index is -0.350. The molecule has 6 heteroatoms. The molecule has 0 spiro atoms. The van der Waals surface area contributed by atoms with Crippen LogP contribution >= 0.6 is 12.2 Å². The van der Waals surface area contributed by atoms with E-state index in [4.69, 9.17) is 18.0 Å². The Morgan fingerprint density at radius 1 is 1.37 bits per heavy atom. The minimum absolute atomic E-state index is 0.160. The molecule has 0 bridgehead atoms. The molecule has 0 radical (unpaired) electrons. The van der Waals surface area contributed by atoms with Crippen LogP contribution in [0.5, 0.6) is 0 Å². The lowest BCUT2D eigenvalue weighted by atomic mass is 10.1. The van der Waals surface area contributed by atoms with Gasteiger partial charge in [0.1, 0.15) is 4.99 Å². The van der Waals surface area contributed by atoms with Gasteiger partial charge >= 0.3 is 5.97 Å². The van der Waals surface area contributed by atoms with E-state index in [-0.39, 0.29) is 23.3 Å². The first kappa shape index (κ1) is 15.1. The van der Waals surface area contributed by atoms with Gasteiger partial charge in [0.25, 0.3) is 5.91 Å². The van der Waals surface area contributed by atoms with Gasteiger partial charge in [-0.05, 0) is 12.1 Å². The first-order chi connectivity index (χ1) is 8.95. The van der Waals surface area contributed by atoms with Gasteiger partial charge in [0, 0.05) is 24.7 Å². The summed E-state index contributed by atoms with van der Waals surface area (Å²) < 4.78 is 4.53. The van der Waals surface area contributed by atoms with E-state index in [0.717, 1.165) is 0 Å². The number of rotatable bonds is 5. The van der Waals surface area contributed by atoms with Gasteiger partial charge in [-0.15, -0.1) is 0 Å². The van der Waals surface area contributed by atoms with Crippen molar-refractivity contribution in [1.82, 2.24) is 4.90 Å². The molecule has 5 nitrogen and oxygen atoms in total. The molecule has 0 saturated heterocycles. The lowest BCUT2D eigenvalue weighted by Gasteiger charge is -2.16. The summed E-state index contributed by atoms with van der Waals surface area (Å²) in [4.78, 5) is 24.8. The highest BCUT2D eigenvalue weighted by Crippen LogP contribution is 2.08. The molecule has 2 N–H and O–H groups in total. The zero-order chi connectivity index (χ0) is 14.4. The molecule has 0 aliphatic carbocycles. The van der Waals surface area contributed by atoms with Crippen LogP contribution in [-0.4, -0.2) is 42.5 Å².